The lowest BCUT2D eigenvalue weighted by atomic mass is 9.84. The zero-order valence-electron chi connectivity index (χ0n) is 11.0. The smallest absolute Gasteiger partial charge is 0.271 e. The predicted octanol–water partition coefficient (Wildman–Crippen LogP) is 2.42. The highest BCUT2D eigenvalue weighted by Crippen LogP contribution is 2.27. The summed E-state index contributed by atoms with van der Waals surface area (Å²) in [5, 5.41) is 5.60. The first-order valence-corrected chi connectivity index (χ1v) is 7.89. The maximum atomic E-state index is 12.1. The summed E-state index contributed by atoms with van der Waals surface area (Å²) >= 11 is 6.58. The van der Waals surface area contributed by atoms with Crippen molar-refractivity contribution in [2.45, 2.75) is 45.1 Å². The van der Waals surface area contributed by atoms with Gasteiger partial charge in [0.05, 0.1) is 16.0 Å². The molecule has 6 heteroatoms. The maximum Gasteiger partial charge on any atom is 0.271 e. The average Bonchev–Trinajstić information content (AvgIpc) is 2.83. The van der Waals surface area contributed by atoms with Crippen LogP contribution in [0.1, 0.15) is 47.6 Å². The largest absolute Gasteiger partial charge is 0.392 e. The van der Waals surface area contributed by atoms with E-state index in [1.807, 2.05) is 6.92 Å². The lowest BCUT2D eigenvalue weighted by Crippen LogP contribution is -2.48. The van der Waals surface area contributed by atoms with Gasteiger partial charge >= 0.3 is 0 Å². The summed E-state index contributed by atoms with van der Waals surface area (Å²) in [6.45, 7) is 1.88. The minimum absolute atomic E-state index is 0.173. The van der Waals surface area contributed by atoms with Crippen LogP contribution >= 0.6 is 23.6 Å². The summed E-state index contributed by atoms with van der Waals surface area (Å²) in [5.41, 5.74) is 6.26. The lowest BCUT2D eigenvalue weighted by Gasteiger charge is -2.29. The number of hydrogen-bond acceptors (Lipinski definition) is 4. The molecule has 0 aliphatic heterocycles. The topological polar surface area (TPSA) is 68.0 Å². The van der Waals surface area contributed by atoms with Crippen LogP contribution in [0.2, 0.25) is 0 Å². The number of thiocarbonyl (C=S) groups is 1. The molecular weight excluding hydrogens is 278 g/mol. The van der Waals surface area contributed by atoms with Gasteiger partial charge in [0.2, 0.25) is 0 Å². The molecule has 1 fully saturated rings. The van der Waals surface area contributed by atoms with Crippen LogP contribution in [0, 0.1) is 12.8 Å². The van der Waals surface area contributed by atoms with Crippen LogP contribution < -0.4 is 11.1 Å². The second-order valence-corrected chi connectivity index (χ2v) is 6.54. The molecule has 0 bridgehead atoms. The van der Waals surface area contributed by atoms with Gasteiger partial charge in [-0.05, 0) is 25.7 Å². The summed E-state index contributed by atoms with van der Waals surface area (Å²) in [7, 11) is 0. The van der Waals surface area contributed by atoms with Crippen LogP contribution in [0.3, 0.4) is 0 Å². The maximum absolute atomic E-state index is 12.1. The molecule has 1 aliphatic rings. The number of nitrogens with one attached hydrogen (secondary N) is 1. The molecule has 0 radical (unpaired) electrons. The fourth-order valence-electron chi connectivity index (χ4n) is 2.57. The van der Waals surface area contributed by atoms with Gasteiger partial charge in [-0.1, -0.05) is 31.5 Å². The Hall–Kier alpha value is -1.01. The van der Waals surface area contributed by atoms with E-state index in [2.05, 4.69) is 10.3 Å². The van der Waals surface area contributed by atoms with Gasteiger partial charge in [-0.25, -0.2) is 4.98 Å². The zero-order chi connectivity index (χ0) is 13.8. The van der Waals surface area contributed by atoms with Gasteiger partial charge in [-0.3, -0.25) is 4.79 Å². The third kappa shape index (κ3) is 3.73. The molecule has 1 atom stereocenters. The van der Waals surface area contributed by atoms with E-state index in [0.29, 0.717) is 16.6 Å². The Morgan fingerprint density at radius 3 is 2.74 bits per heavy atom. The fraction of sp³-hybridized carbons (Fsp3) is 0.615. The highest BCUT2D eigenvalue weighted by Gasteiger charge is 2.27. The van der Waals surface area contributed by atoms with E-state index >= 15 is 0 Å². The Bertz CT molecular complexity index is 466. The van der Waals surface area contributed by atoms with E-state index in [1.165, 1.54) is 30.6 Å². The van der Waals surface area contributed by atoms with Crippen molar-refractivity contribution in [1.82, 2.24) is 10.3 Å². The number of nitrogens with two attached hydrogens (primary N) is 1. The molecule has 1 aliphatic carbocycles. The molecule has 1 aromatic rings. The summed E-state index contributed by atoms with van der Waals surface area (Å²) in [6, 6.07) is -0.204. The van der Waals surface area contributed by atoms with E-state index in [1.54, 1.807) is 5.38 Å². The number of aromatic nitrogens is 1. The van der Waals surface area contributed by atoms with Crippen molar-refractivity contribution < 1.29 is 4.79 Å². The summed E-state index contributed by atoms with van der Waals surface area (Å²) in [6.07, 6.45) is 5.81. The normalized spacial score (nSPS) is 17.9. The summed E-state index contributed by atoms with van der Waals surface area (Å²) in [4.78, 5) is 16.7. The van der Waals surface area contributed by atoms with Gasteiger partial charge in [0.15, 0.2) is 0 Å². The van der Waals surface area contributed by atoms with E-state index in [-0.39, 0.29) is 11.9 Å². The first-order valence-electron chi connectivity index (χ1n) is 6.60. The van der Waals surface area contributed by atoms with Gasteiger partial charge in [-0.15, -0.1) is 11.3 Å². The summed E-state index contributed by atoms with van der Waals surface area (Å²) in [5.74, 6) is 0.197. The minimum Gasteiger partial charge on any atom is -0.392 e. The predicted molar refractivity (Wildman–Crippen MR) is 81.5 cm³/mol. The van der Waals surface area contributed by atoms with Gasteiger partial charge in [-0.2, -0.15) is 0 Å². The van der Waals surface area contributed by atoms with Crippen LogP contribution in [-0.4, -0.2) is 21.9 Å². The quantitative estimate of drug-likeness (QED) is 0.838. The second-order valence-electron chi connectivity index (χ2n) is 5.00. The molecule has 1 amide bonds. The molecule has 4 nitrogen and oxygen atoms in total. The standard InChI is InChI=1S/C13H19N3OS2/c1-8-15-10(7-19-8)13(17)16-11(12(14)18)9-5-3-2-4-6-9/h7,9,11H,2-6H2,1H3,(H2,14,18)(H,16,17). The van der Waals surface area contributed by atoms with Crippen molar-refractivity contribution in [1.29, 1.82) is 0 Å². The van der Waals surface area contributed by atoms with Crippen LogP contribution in [0.5, 0.6) is 0 Å². The number of hydrogen-bond donors (Lipinski definition) is 2. The van der Waals surface area contributed by atoms with Crippen molar-refractivity contribution in [3.8, 4) is 0 Å². The zero-order valence-corrected chi connectivity index (χ0v) is 12.6. The number of carbonyl (C=O) groups is 1. The van der Waals surface area contributed by atoms with E-state index in [4.69, 9.17) is 18.0 Å². The number of rotatable bonds is 4. The SMILES string of the molecule is Cc1nc(C(=O)NC(C(N)=S)C2CCCCC2)cs1. The first kappa shape index (κ1) is 14.4. The third-order valence-electron chi connectivity index (χ3n) is 3.57. The van der Waals surface area contributed by atoms with Gasteiger partial charge < -0.3 is 11.1 Å². The van der Waals surface area contributed by atoms with Crippen LogP contribution in [0.4, 0.5) is 0 Å². The Morgan fingerprint density at radius 2 is 2.21 bits per heavy atom. The van der Waals surface area contributed by atoms with Crippen molar-refractivity contribution in [3.63, 3.8) is 0 Å². The molecule has 0 aromatic carbocycles. The molecule has 1 unspecified atom stereocenters. The molecule has 1 saturated carbocycles. The minimum atomic E-state index is -0.204. The molecule has 0 saturated heterocycles. The molecule has 1 aromatic heterocycles. The van der Waals surface area contributed by atoms with Crippen LogP contribution in [0.25, 0.3) is 0 Å². The van der Waals surface area contributed by atoms with Crippen molar-refractivity contribution >= 4 is 34.5 Å². The Balaban J connectivity index is 2.04. The highest BCUT2D eigenvalue weighted by atomic mass is 32.1. The number of carbonyl (C=O) groups excluding carboxylic acids is 1. The van der Waals surface area contributed by atoms with E-state index in [9.17, 15) is 4.79 Å². The average molecular weight is 297 g/mol. The number of amides is 1. The van der Waals surface area contributed by atoms with Gasteiger partial charge in [0.1, 0.15) is 5.69 Å². The molecule has 1 heterocycles. The molecule has 19 heavy (non-hydrogen) atoms. The molecule has 104 valence electrons. The molecule has 0 spiro atoms. The Kier molecular flexibility index (Phi) is 4.87. The van der Waals surface area contributed by atoms with E-state index in [0.717, 1.165) is 17.8 Å². The van der Waals surface area contributed by atoms with Crippen molar-refractivity contribution in [3.05, 3.63) is 16.1 Å². The molecule has 3 N–H and O–H groups in total. The lowest BCUT2D eigenvalue weighted by molar-refractivity contribution is 0.0927. The molecule has 2 rings (SSSR count). The summed E-state index contributed by atoms with van der Waals surface area (Å²) < 4.78 is 0. The number of thiazole rings is 1. The fourth-order valence-corrected chi connectivity index (χ4v) is 3.42. The highest BCUT2D eigenvalue weighted by molar-refractivity contribution is 7.80. The number of nitrogens with zero attached hydrogens (tertiary/aromatic N) is 1. The van der Waals surface area contributed by atoms with Crippen molar-refractivity contribution in [2.75, 3.05) is 0 Å². The number of aryl methyl sites for hydroxylation is 1. The molecular formula is C13H19N3OS2. The Labute approximate surface area is 122 Å². The monoisotopic (exact) mass is 297 g/mol. The van der Waals surface area contributed by atoms with Crippen LogP contribution in [-0.2, 0) is 0 Å². The van der Waals surface area contributed by atoms with Crippen molar-refractivity contribution in [2.24, 2.45) is 11.7 Å². The van der Waals surface area contributed by atoms with Gasteiger partial charge in [0, 0.05) is 5.38 Å². The van der Waals surface area contributed by atoms with Gasteiger partial charge in [0.25, 0.3) is 5.91 Å². The third-order valence-corrected chi connectivity index (χ3v) is 4.59. The first-order chi connectivity index (χ1) is 9.08. The van der Waals surface area contributed by atoms with E-state index < -0.39 is 0 Å². The Morgan fingerprint density at radius 1 is 1.53 bits per heavy atom. The second kappa shape index (κ2) is 6.43. The van der Waals surface area contributed by atoms with Crippen LogP contribution in [0.15, 0.2) is 5.38 Å².